The molecule has 0 amide bonds. The van der Waals surface area contributed by atoms with E-state index >= 15 is 0 Å². The van der Waals surface area contributed by atoms with Crippen molar-refractivity contribution in [2.75, 3.05) is 12.3 Å². The molecule has 140 valence electrons. The molecule has 0 aliphatic carbocycles. The van der Waals surface area contributed by atoms with E-state index in [-0.39, 0.29) is 18.3 Å². The number of aliphatic hydroxyl groups excluding tert-OH is 1. The molecule has 1 saturated heterocycles. The fraction of sp³-hybridized carbons (Fsp3) is 0.688. The Balaban J connectivity index is 2.02. The van der Waals surface area contributed by atoms with E-state index in [0.717, 1.165) is 6.42 Å². The van der Waals surface area contributed by atoms with Crippen molar-refractivity contribution in [1.82, 2.24) is 9.55 Å². The number of aromatic nitrogens is 2. The third kappa shape index (κ3) is 4.17. The highest BCUT2D eigenvalue weighted by molar-refractivity contribution is 5.75. The van der Waals surface area contributed by atoms with E-state index in [0.29, 0.717) is 0 Å². The maximum absolute atomic E-state index is 12.0. The molecular formula is C16H26N4O5. The Labute approximate surface area is 145 Å². The highest BCUT2D eigenvalue weighted by Crippen LogP contribution is 2.33. The zero-order valence-corrected chi connectivity index (χ0v) is 14.7. The maximum Gasteiger partial charge on any atom is 0.351 e. The van der Waals surface area contributed by atoms with Gasteiger partial charge in [-0.2, -0.15) is 4.98 Å². The molecule has 0 aromatic carbocycles. The summed E-state index contributed by atoms with van der Waals surface area (Å²) in [6, 6.07) is 0.753. The molecule has 2 heterocycles. The Morgan fingerprint density at radius 1 is 1.56 bits per heavy atom. The van der Waals surface area contributed by atoms with E-state index in [9.17, 15) is 14.7 Å². The monoisotopic (exact) mass is 354 g/mol. The van der Waals surface area contributed by atoms with Gasteiger partial charge in [0.1, 0.15) is 30.8 Å². The van der Waals surface area contributed by atoms with E-state index in [1.807, 2.05) is 13.8 Å². The molecule has 0 bridgehead atoms. The van der Waals surface area contributed by atoms with Crippen LogP contribution in [0.2, 0.25) is 0 Å². The van der Waals surface area contributed by atoms with Gasteiger partial charge >= 0.3 is 11.7 Å². The Morgan fingerprint density at radius 3 is 2.84 bits per heavy atom. The smallest absolute Gasteiger partial charge is 0.351 e. The van der Waals surface area contributed by atoms with Crippen LogP contribution in [0.3, 0.4) is 0 Å². The lowest BCUT2D eigenvalue weighted by Gasteiger charge is -2.20. The van der Waals surface area contributed by atoms with Gasteiger partial charge < -0.3 is 26.0 Å². The summed E-state index contributed by atoms with van der Waals surface area (Å²) in [7, 11) is 0. The zero-order chi connectivity index (χ0) is 18.7. The van der Waals surface area contributed by atoms with Gasteiger partial charge in [-0.05, 0) is 12.0 Å². The van der Waals surface area contributed by atoms with Gasteiger partial charge in [-0.15, -0.1) is 0 Å². The number of nitrogen functional groups attached to an aromatic ring is 1. The zero-order valence-electron chi connectivity index (χ0n) is 14.7. The van der Waals surface area contributed by atoms with Gasteiger partial charge in [0.15, 0.2) is 0 Å². The molecule has 1 aliphatic rings. The van der Waals surface area contributed by atoms with Crippen LogP contribution in [0, 0.1) is 11.8 Å². The topological polar surface area (TPSA) is 143 Å². The first kappa shape index (κ1) is 19.4. The summed E-state index contributed by atoms with van der Waals surface area (Å²) in [6.07, 6.45) is -0.154. The molecule has 5 N–H and O–H groups in total. The van der Waals surface area contributed by atoms with Crippen molar-refractivity contribution in [1.29, 1.82) is 0 Å². The summed E-state index contributed by atoms with van der Waals surface area (Å²) in [5, 5.41) is 10.3. The number of nitrogens with zero attached hydrogens (tertiary/aromatic N) is 2. The predicted molar refractivity (Wildman–Crippen MR) is 90.4 cm³/mol. The third-order valence-electron chi connectivity index (χ3n) is 4.73. The molecule has 9 nitrogen and oxygen atoms in total. The van der Waals surface area contributed by atoms with Crippen molar-refractivity contribution in [2.24, 2.45) is 17.6 Å². The first-order valence-corrected chi connectivity index (χ1v) is 8.36. The lowest BCUT2D eigenvalue weighted by molar-refractivity contribution is -0.153. The van der Waals surface area contributed by atoms with E-state index in [2.05, 4.69) is 4.98 Å². The van der Waals surface area contributed by atoms with Crippen LogP contribution in [0.1, 0.15) is 33.4 Å². The fourth-order valence-corrected chi connectivity index (χ4v) is 2.71. The third-order valence-corrected chi connectivity index (χ3v) is 4.73. The molecule has 25 heavy (non-hydrogen) atoms. The minimum Gasteiger partial charge on any atom is -0.462 e. The van der Waals surface area contributed by atoms with Gasteiger partial charge in [0.25, 0.3) is 0 Å². The summed E-state index contributed by atoms with van der Waals surface area (Å²) in [5.74, 6) is -0.826. The first-order chi connectivity index (χ1) is 11.8. The fourth-order valence-electron chi connectivity index (χ4n) is 2.71. The van der Waals surface area contributed by atoms with Crippen LogP contribution in [0.5, 0.6) is 0 Å². The van der Waals surface area contributed by atoms with Crippen LogP contribution in [0.4, 0.5) is 5.82 Å². The molecule has 6 atom stereocenters. The molecule has 1 aliphatic heterocycles. The van der Waals surface area contributed by atoms with Gasteiger partial charge in [0.2, 0.25) is 0 Å². The van der Waals surface area contributed by atoms with Crippen LogP contribution in [-0.2, 0) is 14.3 Å². The van der Waals surface area contributed by atoms with Crippen molar-refractivity contribution in [3.05, 3.63) is 22.7 Å². The minimum absolute atomic E-state index is 0.00646. The average Bonchev–Trinajstić information content (AvgIpc) is 2.86. The summed E-state index contributed by atoms with van der Waals surface area (Å²) in [4.78, 5) is 27.6. The second-order valence-corrected chi connectivity index (χ2v) is 6.50. The predicted octanol–water partition coefficient (Wildman–Crippen LogP) is -0.363. The summed E-state index contributed by atoms with van der Waals surface area (Å²) in [5.41, 5.74) is 10.7. The number of hydrogen-bond acceptors (Lipinski definition) is 8. The molecule has 0 radical (unpaired) electrons. The number of nitrogens with two attached hydrogens (primary N) is 2. The van der Waals surface area contributed by atoms with Crippen LogP contribution in [0.25, 0.3) is 0 Å². The van der Waals surface area contributed by atoms with Crippen LogP contribution in [0.15, 0.2) is 17.1 Å². The highest BCUT2D eigenvalue weighted by atomic mass is 16.6. The maximum atomic E-state index is 12.0. The van der Waals surface area contributed by atoms with E-state index in [4.69, 9.17) is 20.9 Å². The lowest BCUT2D eigenvalue weighted by Crippen LogP contribution is -2.40. The molecule has 2 rings (SSSR count). The number of hydrogen-bond donors (Lipinski definition) is 3. The van der Waals surface area contributed by atoms with E-state index in [1.165, 1.54) is 16.8 Å². The Bertz CT molecular complexity index is 664. The van der Waals surface area contributed by atoms with Crippen LogP contribution in [-0.4, -0.2) is 45.5 Å². The van der Waals surface area contributed by atoms with Crippen LogP contribution >= 0.6 is 0 Å². The number of esters is 1. The quantitative estimate of drug-likeness (QED) is 0.588. The van der Waals surface area contributed by atoms with Crippen LogP contribution < -0.4 is 17.2 Å². The van der Waals surface area contributed by atoms with Crippen molar-refractivity contribution in [3.63, 3.8) is 0 Å². The van der Waals surface area contributed by atoms with Gasteiger partial charge in [-0.3, -0.25) is 9.36 Å². The average molecular weight is 354 g/mol. The first-order valence-electron chi connectivity index (χ1n) is 8.36. The lowest BCUT2D eigenvalue weighted by atomic mass is 10.0. The van der Waals surface area contributed by atoms with E-state index < -0.39 is 42.1 Å². The van der Waals surface area contributed by atoms with Crippen molar-refractivity contribution >= 4 is 11.8 Å². The second kappa shape index (κ2) is 7.94. The Kier molecular flexibility index (Phi) is 6.15. The molecule has 9 heteroatoms. The molecule has 1 fully saturated rings. The number of anilines is 1. The SMILES string of the molecule is CCC(C)C(N)C(=O)OC[C@H]1O[C@@H](n2ccc(N)nc2=O)[C@H](C)[C@@H]1O. The molecule has 0 spiro atoms. The number of rotatable bonds is 6. The number of carbonyl (C=O) groups is 1. The second-order valence-electron chi connectivity index (χ2n) is 6.50. The normalized spacial score (nSPS) is 28.5. The summed E-state index contributed by atoms with van der Waals surface area (Å²) in [6.45, 7) is 5.41. The standard InChI is InChI=1S/C16H26N4O5/c1-4-8(2)12(18)15(22)24-7-10-13(21)9(3)14(25-10)20-6-5-11(17)19-16(20)23/h5-6,8-10,12-14,21H,4,7,18H2,1-3H3,(H2,17,19,23)/t8?,9-,10-,12?,13+,14-/m1/s1. The molecule has 1 aromatic rings. The van der Waals surface area contributed by atoms with Gasteiger partial charge in [-0.25, -0.2) is 4.79 Å². The van der Waals surface area contributed by atoms with Crippen molar-refractivity contribution < 1.29 is 19.4 Å². The molecule has 0 saturated carbocycles. The number of ether oxygens (including phenoxy) is 2. The number of aliphatic hydroxyl groups is 1. The van der Waals surface area contributed by atoms with E-state index in [1.54, 1.807) is 6.92 Å². The molecular weight excluding hydrogens is 328 g/mol. The van der Waals surface area contributed by atoms with Gasteiger partial charge in [0, 0.05) is 12.1 Å². The summed E-state index contributed by atoms with van der Waals surface area (Å²) < 4.78 is 12.2. The largest absolute Gasteiger partial charge is 0.462 e. The molecule has 2 unspecified atom stereocenters. The number of carbonyl (C=O) groups excluding carboxylic acids is 1. The molecule has 1 aromatic heterocycles. The Morgan fingerprint density at radius 2 is 2.24 bits per heavy atom. The van der Waals surface area contributed by atoms with Crippen molar-refractivity contribution in [2.45, 2.75) is 51.7 Å². The van der Waals surface area contributed by atoms with Gasteiger partial charge in [-0.1, -0.05) is 27.2 Å². The summed E-state index contributed by atoms with van der Waals surface area (Å²) >= 11 is 0. The van der Waals surface area contributed by atoms with Crippen molar-refractivity contribution in [3.8, 4) is 0 Å². The Hall–Kier alpha value is -1.97. The van der Waals surface area contributed by atoms with Gasteiger partial charge in [0.05, 0.1) is 6.10 Å². The highest BCUT2D eigenvalue weighted by Gasteiger charge is 2.43. The minimum atomic E-state index is -0.901.